The lowest BCUT2D eigenvalue weighted by Gasteiger charge is -2.14. The first-order valence-corrected chi connectivity index (χ1v) is 12.6. The molecule has 0 saturated carbocycles. The zero-order chi connectivity index (χ0) is 27.9. The molecule has 1 saturated heterocycles. The highest BCUT2D eigenvalue weighted by Gasteiger charge is 2.35. The maximum atomic E-state index is 13.5. The van der Waals surface area contributed by atoms with Gasteiger partial charge in [0.2, 0.25) is 0 Å². The number of alkyl halides is 3. The van der Waals surface area contributed by atoms with Crippen LogP contribution >= 0.6 is 23.4 Å². The number of rotatable bonds is 6. The number of carboxylic acid groups (broad SMARTS) is 1. The summed E-state index contributed by atoms with van der Waals surface area (Å²) < 4.78 is 41.9. The Labute approximate surface area is 228 Å². The molecule has 0 aliphatic carbocycles. The van der Waals surface area contributed by atoms with Gasteiger partial charge in [-0.05, 0) is 70.9 Å². The molecule has 2 amide bonds. The number of carbonyl (C=O) groups excluding carboxylic acids is 2. The zero-order valence-corrected chi connectivity index (χ0v) is 21.3. The molecule has 1 fully saturated rings. The molecule has 4 aromatic rings. The summed E-state index contributed by atoms with van der Waals surface area (Å²) in [5.41, 5.74) is 1.09. The van der Waals surface area contributed by atoms with E-state index >= 15 is 0 Å². The molecule has 39 heavy (non-hydrogen) atoms. The lowest BCUT2D eigenvalue weighted by molar-refractivity contribution is -0.138. The van der Waals surface area contributed by atoms with Crippen molar-refractivity contribution >= 4 is 57.5 Å². The second-order valence-electron chi connectivity index (χ2n) is 8.69. The molecule has 0 atom stereocenters. The van der Waals surface area contributed by atoms with Crippen molar-refractivity contribution in [1.29, 1.82) is 0 Å². The summed E-state index contributed by atoms with van der Waals surface area (Å²) in [5, 5.41) is 13.4. The molecule has 2 heterocycles. The molecule has 0 bridgehead atoms. The van der Waals surface area contributed by atoms with Crippen LogP contribution in [0.25, 0.3) is 17.0 Å². The van der Waals surface area contributed by atoms with E-state index in [-0.39, 0.29) is 34.1 Å². The van der Waals surface area contributed by atoms with E-state index in [1.807, 2.05) is 0 Å². The molecule has 3 aromatic carbocycles. The van der Waals surface area contributed by atoms with Crippen LogP contribution < -0.4 is 0 Å². The van der Waals surface area contributed by atoms with E-state index in [0.29, 0.717) is 22.0 Å². The van der Waals surface area contributed by atoms with Crippen LogP contribution in [0.2, 0.25) is 5.02 Å². The van der Waals surface area contributed by atoms with Crippen molar-refractivity contribution in [2.75, 3.05) is 0 Å². The Kier molecular flexibility index (Phi) is 6.96. The standard InChI is InChI=1S/C27H17ClF3N3O4S/c28-20-7-6-18(21(11-20)27(29,30)31)14-34-22-8-3-16(9-19(22)12-32-34)10-23-24(35)33(26(38)39-23)13-15-1-4-17(5-2-15)25(36)37/h1-12H,13-14H2,(H,36,37)/b23-10-. The van der Waals surface area contributed by atoms with Crippen molar-refractivity contribution in [3.63, 3.8) is 0 Å². The van der Waals surface area contributed by atoms with Crippen LogP contribution in [-0.4, -0.2) is 36.9 Å². The van der Waals surface area contributed by atoms with E-state index in [2.05, 4.69) is 5.10 Å². The topological polar surface area (TPSA) is 92.5 Å². The molecule has 1 aliphatic heterocycles. The highest BCUT2D eigenvalue weighted by molar-refractivity contribution is 8.18. The summed E-state index contributed by atoms with van der Waals surface area (Å²) in [6, 6.07) is 14.6. The number of halogens is 4. The van der Waals surface area contributed by atoms with Gasteiger partial charge in [-0.25, -0.2) is 4.79 Å². The number of hydrogen-bond donors (Lipinski definition) is 1. The second-order valence-corrected chi connectivity index (χ2v) is 10.1. The van der Waals surface area contributed by atoms with Crippen molar-refractivity contribution in [3.8, 4) is 0 Å². The molecule has 7 nitrogen and oxygen atoms in total. The van der Waals surface area contributed by atoms with Gasteiger partial charge in [0.25, 0.3) is 11.1 Å². The van der Waals surface area contributed by atoms with E-state index in [1.54, 1.807) is 36.4 Å². The van der Waals surface area contributed by atoms with Gasteiger partial charge in [-0.2, -0.15) is 18.3 Å². The summed E-state index contributed by atoms with van der Waals surface area (Å²) in [5.74, 6) is -1.56. The van der Waals surface area contributed by atoms with Gasteiger partial charge in [0.15, 0.2) is 0 Å². The van der Waals surface area contributed by atoms with E-state index in [4.69, 9.17) is 16.7 Å². The molecule has 5 rings (SSSR count). The Morgan fingerprint density at radius 2 is 1.77 bits per heavy atom. The van der Waals surface area contributed by atoms with Gasteiger partial charge in [-0.15, -0.1) is 0 Å². The lowest BCUT2D eigenvalue weighted by Crippen LogP contribution is -2.27. The Bertz CT molecular complexity index is 1670. The first kappa shape index (κ1) is 26.5. The third-order valence-electron chi connectivity index (χ3n) is 6.08. The fourth-order valence-electron chi connectivity index (χ4n) is 4.16. The Morgan fingerprint density at radius 3 is 2.46 bits per heavy atom. The van der Waals surface area contributed by atoms with Crippen LogP contribution in [0, 0.1) is 0 Å². The molecular weight excluding hydrogens is 555 g/mol. The van der Waals surface area contributed by atoms with Crippen LogP contribution in [0.3, 0.4) is 0 Å². The zero-order valence-electron chi connectivity index (χ0n) is 19.8. The Morgan fingerprint density at radius 1 is 1.03 bits per heavy atom. The maximum Gasteiger partial charge on any atom is 0.416 e. The van der Waals surface area contributed by atoms with E-state index < -0.39 is 28.9 Å². The number of thioether (sulfide) groups is 1. The summed E-state index contributed by atoms with van der Waals surface area (Å²) in [6.45, 7) is -0.125. The normalized spacial score (nSPS) is 15.1. The number of imide groups is 1. The van der Waals surface area contributed by atoms with Crippen LogP contribution in [0.5, 0.6) is 0 Å². The molecule has 0 radical (unpaired) electrons. The van der Waals surface area contributed by atoms with Crippen molar-refractivity contribution in [1.82, 2.24) is 14.7 Å². The number of carbonyl (C=O) groups is 3. The summed E-state index contributed by atoms with van der Waals surface area (Å²) >= 11 is 6.56. The van der Waals surface area contributed by atoms with Gasteiger partial charge in [0.05, 0.1) is 40.8 Å². The average Bonchev–Trinajstić information content (AvgIpc) is 3.40. The third kappa shape index (κ3) is 5.55. The van der Waals surface area contributed by atoms with Crippen molar-refractivity contribution in [2.24, 2.45) is 0 Å². The highest BCUT2D eigenvalue weighted by Crippen LogP contribution is 2.35. The number of amides is 2. The number of fused-ring (bicyclic) bond motifs is 1. The molecular formula is C27H17ClF3N3O4S. The van der Waals surface area contributed by atoms with E-state index in [9.17, 15) is 27.6 Å². The molecule has 198 valence electrons. The summed E-state index contributed by atoms with van der Waals surface area (Å²) in [4.78, 5) is 37.7. The SMILES string of the molecule is O=C(O)c1ccc(CN2C(=O)S/C(=C\c3ccc4c(cnn4Cc4ccc(Cl)cc4C(F)(F)F)c3)C2=O)cc1. The number of nitrogens with zero attached hydrogens (tertiary/aromatic N) is 3. The lowest BCUT2D eigenvalue weighted by atomic mass is 10.1. The summed E-state index contributed by atoms with van der Waals surface area (Å²) in [7, 11) is 0. The average molecular weight is 572 g/mol. The van der Waals surface area contributed by atoms with Gasteiger partial charge in [0, 0.05) is 10.4 Å². The summed E-state index contributed by atoms with van der Waals surface area (Å²) in [6.07, 6.45) is -1.49. The fourth-order valence-corrected chi connectivity index (χ4v) is 5.17. The molecule has 1 aliphatic rings. The van der Waals surface area contributed by atoms with Gasteiger partial charge < -0.3 is 5.11 Å². The van der Waals surface area contributed by atoms with Crippen LogP contribution in [0.15, 0.2) is 71.8 Å². The maximum absolute atomic E-state index is 13.5. The molecule has 12 heteroatoms. The molecule has 1 aromatic heterocycles. The molecule has 0 spiro atoms. The van der Waals surface area contributed by atoms with Gasteiger partial charge in [-0.1, -0.05) is 35.9 Å². The predicted octanol–water partition coefficient (Wildman–Crippen LogP) is 6.69. The largest absolute Gasteiger partial charge is 0.478 e. The first-order valence-electron chi connectivity index (χ1n) is 11.4. The minimum Gasteiger partial charge on any atom is -0.478 e. The number of aromatic nitrogens is 2. The van der Waals surface area contributed by atoms with E-state index in [0.717, 1.165) is 22.7 Å². The minimum absolute atomic E-state index is 0.00166. The number of benzene rings is 3. The monoisotopic (exact) mass is 571 g/mol. The number of aromatic carboxylic acids is 1. The highest BCUT2D eigenvalue weighted by atomic mass is 35.5. The molecule has 0 unspecified atom stereocenters. The van der Waals surface area contributed by atoms with Crippen molar-refractivity contribution in [2.45, 2.75) is 19.3 Å². The number of carboxylic acids is 1. The molecule has 1 N–H and O–H groups in total. The van der Waals surface area contributed by atoms with Crippen molar-refractivity contribution in [3.05, 3.63) is 105 Å². The fraction of sp³-hybridized carbons (Fsp3) is 0.111. The smallest absolute Gasteiger partial charge is 0.416 e. The predicted molar refractivity (Wildman–Crippen MR) is 140 cm³/mol. The van der Waals surface area contributed by atoms with E-state index in [1.165, 1.54) is 35.1 Å². The van der Waals surface area contributed by atoms with Crippen LogP contribution in [0.1, 0.15) is 32.6 Å². The van der Waals surface area contributed by atoms with Crippen LogP contribution in [0.4, 0.5) is 18.0 Å². The van der Waals surface area contributed by atoms with Crippen molar-refractivity contribution < 1.29 is 32.7 Å². The third-order valence-corrected chi connectivity index (χ3v) is 7.22. The minimum atomic E-state index is -4.57. The first-order chi connectivity index (χ1) is 18.5. The quantitative estimate of drug-likeness (QED) is 0.259. The van der Waals surface area contributed by atoms with Gasteiger partial charge >= 0.3 is 12.1 Å². The van der Waals surface area contributed by atoms with Gasteiger partial charge in [0.1, 0.15) is 0 Å². The Balaban J connectivity index is 1.35. The second kappa shape index (κ2) is 10.2. The van der Waals surface area contributed by atoms with Crippen LogP contribution in [-0.2, 0) is 24.1 Å². The Hall–Kier alpha value is -4.09. The van der Waals surface area contributed by atoms with Gasteiger partial charge in [-0.3, -0.25) is 19.2 Å². The number of hydrogen-bond acceptors (Lipinski definition) is 5.